The van der Waals surface area contributed by atoms with Crippen molar-refractivity contribution in [2.24, 2.45) is 0 Å². The fraction of sp³-hybridized carbons (Fsp3) is 0.421. The number of nitrogens with one attached hydrogen (secondary N) is 3. The van der Waals surface area contributed by atoms with Gasteiger partial charge in [-0.3, -0.25) is 4.79 Å². The molecular formula is C19H18F3N7O3. The van der Waals surface area contributed by atoms with E-state index in [1.165, 1.54) is 0 Å². The van der Waals surface area contributed by atoms with Crippen LogP contribution in [0, 0.1) is 0 Å². The van der Waals surface area contributed by atoms with E-state index in [9.17, 15) is 22.8 Å². The number of urea groups is 1. The summed E-state index contributed by atoms with van der Waals surface area (Å²) in [4.78, 5) is 32.8. The second-order valence-corrected chi connectivity index (χ2v) is 7.91. The van der Waals surface area contributed by atoms with Crippen LogP contribution >= 0.6 is 0 Å². The van der Waals surface area contributed by atoms with Crippen LogP contribution in [0.3, 0.4) is 0 Å². The molecule has 1 saturated heterocycles. The minimum Gasteiger partial charge on any atom is -0.343 e. The van der Waals surface area contributed by atoms with E-state index in [0.29, 0.717) is 28.1 Å². The zero-order chi connectivity index (χ0) is 22.5. The molecule has 2 aromatic heterocycles. The van der Waals surface area contributed by atoms with Crippen LogP contribution in [0.1, 0.15) is 46.3 Å². The van der Waals surface area contributed by atoms with Crippen molar-refractivity contribution < 1.29 is 27.4 Å². The quantitative estimate of drug-likeness (QED) is 0.529. The molecule has 1 aliphatic heterocycles. The Balaban J connectivity index is 1.24. The summed E-state index contributed by atoms with van der Waals surface area (Å²) in [6, 6.07) is 2.49. The van der Waals surface area contributed by atoms with Crippen LogP contribution in [0.25, 0.3) is 11.0 Å². The largest absolute Gasteiger partial charge is 0.410 e. The lowest BCUT2D eigenvalue weighted by molar-refractivity contribution is -0.149. The molecule has 1 aromatic carbocycles. The molecule has 3 aromatic rings. The van der Waals surface area contributed by atoms with Gasteiger partial charge in [0.2, 0.25) is 0 Å². The number of hydrogen-bond donors (Lipinski definition) is 3. The van der Waals surface area contributed by atoms with Crippen molar-refractivity contribution in [3.63, 3.8) is 0 Å². The van der Waals surface area contributed by atoms with E-state index in [4.69, 9.17) is 0 Å². The lowest BCUT2D eigenvalue weighted by atomic mass is 10.2. The smallest absolute Gasteiger partial charge is 0.343 e. The molecule has 1 atom stereocenters. The number of halogens is 3. The van der Waals surface area contributed by atoms with Crippen molar-refractivity contribution in [1.82, 2.24) is 35.8 Å². The molecule has 3 heterocycles. The lowest BCUT2D eigenvalue weighted by Gasteiger charge is -2.16. The number of H-pyrrole nitrogens is 1. The Hall–Kier alpha value is -3.64. The number of aromatic nitrogens is 4. The van der Waals surface area contributed by atoms with Crippen molar-refractivity contribution in [1.29, 1.82) is 0 Å². The van der Waals surface area contributed by atoms with Gasteiger partial charge in [0.25, 0.3) is 5.91 Å². The van der Waals surface area contributed by atoms with Gasteiger partial charge in [-0.15, -0.1) is 0 Å². The molecule has 13 heteroatoms. The van der Waals surface area contributed by atoms with Gasteiger partial charge in [0.15, 0.2) is 5.69 Å². The Kier molecular flexibility index (Phi) is 4.75. The second kappa shape index (κ2) is 7.50. The fourth-order valence-corrected chi connectivity index (χ4v) is 3.65. The van der Waals surface area contributed by atoms with Crippen LogP contribution in [0.15, 0.2) is 22.8 Å². The zero-order valence-electron chi connectivity index (χ0n) is 16.6. The SMILES string of the molecule is O=C(NCc1nc2ccc(CN3CC(C(F)(F)F)NC3=O)cc2[nH]1)c1nonc1C1CC1. The highest BCUT2D eigenvalue weighted by atomic mass is 19.4. The van der Waals surface area contributed by atoms with E-state index in [-0.39, 0.29) is 24.7 Å². The molecule has 2 aliphatic rings. The molecule has 32 heavy (non-hydrogen) atoms. The first-order valence-corrected chi connectivity index (χ1v) is 9.98. The molecule has 1 saturated carbocycles. The molecule has 0 bridgehead atoms. The van der Waals surface area contributed by atoms with Gasteiger partial charge in [-0.05, 0) is 35.7 Å². The monoisotopic (exact) mass is 449 g/mol. The summed E-state index contributed by atoms with van der Waals surface area (Å²) in [7, 11) is 0. The third kappa shape index (κ3) is 3.97. The number of hydrogen-bond acceptors (Lipinski definition) is 6. The fourth-order valence-electron chi connectivity index (χ4n) is 3.65. The second-order valence-electron chi connectivity index (χ2n) is 7.91. The topological polar surface area (TPSA) is 129 Å². The Morgan fingerprint density at radius 1 is 1.28 bits per heavy atom. The number of imidazole rings is 1. The number of alkyl halides is 3. The predicted octanol–water partition coefficient (Wildman–Crippen LogP) is 2.21. The number of carbonyl (C=O) groups excluding carboxylic acids is 2. The summed E-state index contributed by atoms with van der Waals surface area (Å²) in [6.07, 6.45) is -2.58. The summed E-state index contributed by atoms with van der Waals surface area (Å²) in [5.41, 5.74) is 2.65. The number of aromatic amines is 1. The summed E-state index contributed by atoms with van der Waals surface area (Å²) < 4.78 is 43.2. The highest BCUT2D eigenvalue weighted by molar-refractivity contribution is 5.93. The summed E-state index contributed by atoms with van der Waals surface area (Å²) in [6.45, 7) is -0.301. The highest BCUT2D eigenvalue weighted by Gasteiger charge is 2.46. The van der Waals surface area contributed by atoms with Crippen molar-refractivity contribution in [3.8, 4) is 0 Å². The number of nitrogens with zero attached hydrogens (tertiary/aromatic N) is 4. The molecule has 3 N–H and O–H groups in total. The number of benzene rings is 1. The van der Waals surface area contributed by atoms with E-state index < -0.39 is 30.7 Å². The van der Waals surface area contributed by atoms with Gasteiger partial charge >= 0.3 is 12.2 Å². The predicted molar refractivity (Wildman–Crippen MR) is 102 cm³/mol. The van der Waals surface area contributed by atoms with Crippen molar-refractivity contribution >= 4 is 23.0 Å². The van der Waals surface area contributed by atoms with Gasteiger partial charge in [-0.25, -0.2) is 14.4 Å². The van der Waals surface area contributed by atoms with Crippen LogP contribution in [-0.4, -0.2) is 55.9 Å². The number of rotatable bonds is 6. The summed E-state index contributed by atoms with van der Waals surface area (Å²) >= 11 is 0. The molecule has 10 nitrogen and oxygen atoms in total. The van der Waals surface area contributed by atoms with Crippen LogP contribution in [-0.2, 0) is 13.1 Å². The molecule has 5 rings (SSSR count). The van der Waals surface area contributed by atoms with Gasteiger partial charge in [0.05, 0.1) is 24.1 Å². The third-order valence-electron chi connectivity index (χ3n) is 5.46. The zero-order valence-corrected chi connectivity index (χ0v) is 16.6. The van der Waals surface area contributed by atoms with E-state index >= 15 is 0 Å². The first-order chi connectivity index (χ1) is 15.3. The summed E-state index contributed by atoms with van der Waals surface area (Å²) in [5.74, 6) is 0.301. The van der Waals surface area contributed by atoms with Crippen LogP contribution in [0.5, 0.6) is 0 Å². The molecule has 0 spiro atoms. The van der Waals surface area contributed by atoms with Crippen molar-refractivity contribution in [2.45, 2.75) is 44.1 Å². The molecule has 1 unspecified atom stereocenters. The Labute approximate surface area is 178 Å². The van der Waals surface area contributed by atoms with Gasteiger partial charge < -0.3 is 20.5 Å². The van der Waals surface area contributed by atoms with Gasteiger partial charge in [0.1, 0.15) is 17.6 Å². The Morgan fingerprint density at radius 3 is 2.81 bits per heavy atom. The maximum atomic E-state index is 12.8. The standard InChI is InChI=1S/C19H18F3N7O3/c20-19(21,22)13-8-29(18(31)26-13)7-9-1-4-11-12(5-9)25-14(24-11)6-23-17(30)16-15(10-2-3-10)27-32-28-16/h1,4-5,10,13H,2-3,6-8H2,(H,23,30)(H,24,25)(H,26,31). The maximum Gasteiger partial charge on any atom is 0.410 e. The van der Waals surface area contributed by atoms with Gasteiger partial charge in [-0.1, -0.05) is 11.2 Å². The molecule has 1 aliphatic carbocycles. The minimum atomic E-state index is -4.49. The third-order valence-corrected chi connectivity index (χ3v) is 5.46. The first-order valence-electron chi connectivity index (χ1n) is 9.98. The van der Waals surface area contributed by atoms with Crippen molar-refractivity contribution in [3.05, 3.63) is 41.0 Å². The Bertz CT molecular complexity index is 1180. The first kappa shape index (κ1) is 20.3. The van der Waals surface area contributed by atoms with Crippen LogP contribution in [0.4, 0.5) is 18.0 Å². The molecule has 168 valence electrons. The van der Waals surface area contributed by atoms with Gasteiger partial charge in [0, 0.05) is 12.5 Å². The molecule has 0 radical (unpaired) electrons. The molecule has 3 amide bonds. The van der Waals surface area contributed by atoms with E-state index in [1.807, 2.05) is 5.32 Å². The average Bonchev–Trinajstić information content (AvgIpc) is 3.15. The Morgan fingerprint density at radius 2 is 2.09 bits per heavy atom. The summed E-state index contributed by atoms with van der Waals surface area (Å²) in [5, 5.41) is 12.1. The minimum absolute atomic E-state index is 0.0303. The average molecular weight is 449 g/mol. The van der Waals surface area contributed by atoms with E-state index in [0.717, 1.165) is 17.7 Å². The molecule has 2 fully saturated rings. The van der Waals surface area contributed by atoms with E-state index in [1.54, 1.807) is 18.2 Å². The van der Waals surface area contributed by atoms with Crippen molar-refractivity contribution in [2.75, 3.05) is 6.54 Å². The normalized spacial score (nSPS) is 18.9. The number of amides is 3. The lowest BCUT2D eigenvalue weighted by Crippen LogP contribution is -2.40. The number of fused-ring (bicyclic) bond motifs is 1. The van der Waals surface area contributed by atoms with Gasteiger partial charge in [-0.2, -0.15) is 13.2 Å². The number of carbonyl (C=O) groups is 2. The van der Waals surface area contributed by atoms with E-state index in [2.05, 4.69) is 30.2 Å². The molecular weight excluding hydrogens is 431 g/mol. The van der Waals surface area contributed by atoms with Crippen LogP contribution in [0.2, 0.25) is 0 Å². The van der Waals surface area contributed by atoms with Crippen LogP contribution < -0.4 is 10.6 Å². The highest BCUT2D eigenvalue weighted by Crippen LogP contribution is 2.40. The maximum absolute atomic E-state index is 12.8.